The number of nitrogens with one attached hydrogen (secondary N) is 2. The van der Waals surface area contributed by atoms with Gasteiger partial charge in [-0.3, -0.25) is 10.1 Å². The van der Waals surface area contributed by atoms with Crippen molar-refractivity contribution >= 4 is 21.7 Å². The van der Waals surface area contributed by atoms with E-state index in [1.807, 2.05) is 0 Å². The molecule has 1 aromatic carbocycles. The Bertz CT molecular complexity index is 731. The second-order valence-electron chi connectivity index (χ2n) is 4.17. The number of nitrogens with zero attached hydrogens (tertiary/aromatic N) is 2. The number of ether oxygens (including phenoxy) is 1. The second-order valence-corrected chi connectivity index (χ2v) is 5.86. The van der Waals surface area contributed by atoms with Gasteiger partial charge in [0.15, 0.2) is 0 Å². The third kappa shape index (κ3) is 3.38. The van der Waals surface area contributed by atoms with Gasteiger partial charge in [-0.2, -0.15) is 0 Å². The number of benzene rings is 1. The van der Waals surface area contributed by atoms with Crippen molar-refractivity contribution in [3.63, 3.8) is 0 Å². The number of nitrogen functional groups attached to an aromatic ring is 1. The summed E-state index contributed by atoms with van der Waals surface area (Å²) in [5.74, 6) is 5.91. The maximum absolute atomic E-state index is 12.2. The summed E-state index contributed by atoms with van der Waals surface area (Å²) in [6.07, 6.45) is 2.34. The van der Waals surface area contributed by atoms with Crippen LogP contribution in [0.2, 0.25) is 0 Å². The van der Waals surface area contributed by atoms with Gasteiger partial charge in [0.05, 0.1) is 25.2 Å². The molecule has 1 heterocycles. The molecule has 0 atom stereocenters. The van der Waals surface area contributed by atoms with Crippen molar-refractivity contribution in [2.45, 2.75) is 11.8 Å². The normalized spacial score (nSPS) is 11.0. The van der Waals surface area contributed by atoms with Crippen LogP contribution >= 0.6 is 0 Å². The Morgan fingerprint density at radius 1 is 1.24 bits per heavy atom. The molecule has 1 aromatic heterocycles. The van der Waals surface area contributed by atoms with E-state index in [0.717, 1.165) is 5.56 Å². The predicted molar refractivity (Wildman–Crippen MR) is 78.4 cm³/mol. The van der Waals surface area contributed by atoms with Crippen LogP contribution in [-0.2, 0) is 10.0 Å². The van der Waals surface area contributed by atoms with E-state index < -0.39 is 10.0 Å². The van der Waals surface area contributed by atoms with Gasteiger partial charge >= 0.3 is 0 Å². The molecule has 0 unspecified atom stereocenters. The Balaban J connectivity index is 2.28. The highest BCUT2D eigenvalue weighted by Gasteiger charge is 2.16. The lowest BCUT2D eigenvalue weighted by molar-refractivity contribution is 0.414. The Hall–Kier alpha value is -2.39. The fraction of sp³-hybridized carbons (Fsp3) is 0.167. The van der Waals surface area contributed by atoms with Crippen LogP contribution in [0.5, 0.6) is 5.75 Å². The van der Waals surface area contributed by atoms with Gasteiger partial charge in [-0.25, -0.2) is 24.2 Å². The number of aryl methyl sites for hydroxylation is 1. The summed E-state index contributed by atoms with van der Waals surface area (Å²) in [5.41, 5.74) is 3.42. The Morgan fingerprint density at radius 3 is 2.43 bits per heavy atom. The molecule has 0 amide bonds. The molecule has 0 radical (unpaired) electrons. The maximum Gasteiger partial charge on any atom is 0.264 e. The van der Waals surface area contributed by atoms with Gasteiger partial charge in [-0.05, 0) is 30.7 Å². The number of hydrogen-bond acceptors (Lipinski definition) is 7. The summed E-state index contributed by atoms with van der Waals surface area (Å²) in [4.78, 5) is 7.48. The number of sulfonamides is 1. The lowest BCUT2D eigenvalue weighted by Gasteiger charge is -2.11. The first-order valence-electron chi connectivity index (χ1n) is 5.92. The minimum absolute atomic E-state index is 0.0586. The number of methoxy groups -OCH3 is 1. The zero-order chi connectivity index (χ0) is 15.5. The van der Waals surface area contributed by atoms with E-state index >= 15 is 0 Å². The molecule has 0 fully saturated rings. The van der Waals surface area contributed by atoms with Crippen LogP contribution in [0, 0.1) is 6.92 Å². The lowest BCUT2D eigenvalue weighted by atomic mass is 10.2. The van der Waals surface area contributed by atoms with Crippen molar-refractivity contribution in [2.24, 2.45) is 5.84 Å². The smallest absolute Gasteiger partial charge is 0.264 e. The fourth-order valence-corrected chi connectivity index (χ4v) is 2.63. The van der Waals surface area contributed by atoms with Gasteiger partial charge in [0.25, 0.3) is 10.0 Å². The van der Waals surface area contributed by atoms with Crippen LogP contribution in [-0.4, -0.2) is 25.5 Å². The predicted octanol–water partition coefficient (Wildman–Crippen LogP) is 0.880. The van der Waals surface area contributed by atoms with Crippen LogP contribution in [0.15, 0.2) is 35.5 Å². The maximum atomic E-state index is 12.2. The van der Waals surface area contributed by atoms with Gasteiger partial charge in [-0.1, -0.05) is 0 Å². The summed E-state index contributed by atoms with van der Waals surface area (Å²) in [6, 6.07) is 5.03. The Kier molecular flexibility index (Phi) is 4.24. The molecule has 0 aliphatic carbocycles. The van der Waals surface area contributed by atoms with E-state index in [0.29, 0.717) is 11.4 Å². The summed E-state index contributed by atoms with van der Waals surface area (Å²) in [6.45, 7) is 1.78. The molecular formula is C12H15N5O3S. The molecule has 0 bridgehead atoms. The van der Waals surface area contributed by atoms with E-state index in [-0.39, 0.29) is 10.8 Å². The highest BCUT2D eigenvalue weighted by Crippen LogP contribution is 2.23. The largest absolute Gasteiger partial charge is 0.497 e. The molecule has 8 nitrogen and oxygen atoms in total. The molecule has 2 aromatic rings. The molecule has 9 heteroatoms. The molecule has 0 saturated heterocycles. The molecule has 21 heavy (non-hydrogen) atoms. The SMILES string of the molecule is COc1ccc(NS(=O)(=O)c2cnc(NN)nc2)c(C)c1. The number of rotatable bonds is 5. The number of aromatic nitrogens is 2. The van der Waals surface area contributed by atoms with Crippen molar-refractivity contribution in [2.75, 3.05) is 17.3 Å². The highest BCUT2D eigenvalue weighted by molar-refractivity contribution is 7.92. The Labute approximate surface area is 122 Å². The standard InChI is InChI=1S/C12H15N5O3S/c1-8-5-9(20-2)3-4-11(8)17-21(18,19)10-6-14-12(16-13)15-7-10/h3-7,17H,13H2,1-2H3,(H,14,15,16). The molecule has 0 aliphatic heterocycles. The van der Waals surface area contributed by atoms with Crippen LogP contribution in [0.4, 0.5) is 11.6 Å². The minimum atomic E-state index is -3.76. The summed E-state index contributed by atoms with van der Waals surface area (Å²) >= 11 is 0. The van der Waals surface area contributed by atoms with Crippen LogP contribution in [0.3, 0.4) is 0 Å². The van der Waals surface area contributed by atoms with Crippen LogP contribution < -0.4 is 20.7 Å². The van der Waals surface area contributed by atoms with E-state index in [2.05, 4.69) is 20.1 Å². The second kappa shape index (κ2) is 5.94. The first-order chi connectivity index (χ1) is 9.96. The van der Waals surface area contributed by atoms with Crippen LogP contribution in [0.1, 0.15) is 5.56 Å². The molecule has 2 rings (SSSR count). The van der Waals surface area contributed by atoms with Crippen molar-refractivity contribution in [1.82, 2.24) is 9.97 Å². The minimum Gasteiger partial charge on any atom is -0.497 e. The van der Waals surface area contributed by atoms with E-state index in [1.54, 1.807) is 32.2 Å². The first kappa shape index (κ1) is 15.0. The average molecular weight is 309 g/mol. The quantitative estimate of drug-likeness (QED) is 0.554. The van der Waals surface area contributed by atoms with Crippen molar-refractivity contribution in [1.29, 1.82) is 0 Å². The lowest BCUT2D eigenvalue weighted by Crippen LogP contribution is -2.16. The van der Waals surface area contributed by atoms with E-state index in [9.17, 15) is 8.42 Å². The van der Waals surface area contributed by atoms with Gasteiger partial charge in [0.2, 0.25) is 5.95 Å². The molecular weight excluding hydrogens is 294 g/mol. The van der Waals surface area contributed by atoms with E-state index in [1.165, 1.54) is 12.4 Å². The molecule has 4 N–H and O–H groups in total. The average Bonchev–Trinajstić information content (AvgIpc) is 2.49. The molecule has 0 aliphatic rings. The first-order valence-corrected chi connectivity index (χ1v) is 7.40. The number of hydrazine groups is 1. The monoisotopic (exact) mass is 309 g/mol. The third-order valence-electron chi connectivity index (χ3n) is 2.75. The Morgan fingerprint density at radius 2 is 1.90 bits per heavy atom. The fourth-order valence-electron chi connectivity index (χ4n) is 1.61. The van der Waals surface area contributed by atoms with Gasteiger partial charge in [0.1, 0.15) is 10.6 Å². The summed E-state index contributed by atoms with van der Waals surface area (Å²) < 4.78 is 32.0. The molecule has 0 spiro atoms. The molecule has 0 saturated carbocycles. The van der Waals surface area contributed by atoms with Gasteiger partial charge in [0, 0.05) is 0 Å². The number of hydrogen-bond donors (Lipinski definition) is 3. The van der Waals surface area contributed by atoms with Gasteiger partial charge < -0.3 is 4.74 Å². The molecule has 112 valence electrons. The zero-order valence-corrected chi connectivity index (χ0v) is 12.3. The summed E-state index contributed by atoms with van der Waals surface area (Å²) in [7, 11) is -2.22. The number of anilines is 2. The van der Waals surface area contributed by atoms with Crippen molar-refractivity contribution in [3.05, 3.63) is 36.2 Å². The van der Waals surface area contributed by atoms with E-state index in [4.69, 9.17) is 10.6 Å². The highest BCUT2D eigenvalue weighted by atomic mass is 32.2. The zero-order valence-electron chi connectivity index (χ0n) is 11.5. The van der Waals surface area contributed by atoms with Crippen LogP contribution in [0.25, 0.3) is 0 Å². The number of nitrogens with two attached hydrogens (primary N) is 1. The van der Waals surface area contributed by atoms with Crippen molar-refractivity contribution < 1.29 is 13.2 Å². The third-order valence-corrected chi connectivity index (χ3v) is 4.07. The summed E-state index contributed by atoms with van der Waals surface area (Å²) in [5, 5.41) is 0. The van der Waals surface area contributed by atoms with Crippen molar-refractivity contribution in [3.8, 4) is 5.75 Å². The topological polar surface area (TPSA) is 119 Å². The van der Waals surface area contributed by atoms with Gasteiger partial charge in [-0.15, -0.1) is 0 Å².